The molecule has 1 aliphatic rings. The summed E-state index contributed by atoms with van der Waals surface area (Å²) in [5.74, 6) is -0.0473. The van der Waals surface area contributed by atoms with Gasteiger partial charge in [-0.25, -0.2) is 0 Å². The minimum Gasteiger partial charge on any atom is -0.396 e. The molecule has 5 nitrogen and oxygen atoms in total. The van der Waals surface area contributed by atoms with Gasteiger partial charge in [-0.15, -0.1) is 0 Å². The summed E-state index contributed by atoms with van der Waals surface area (Å²) < 4.78 is 0. The first kappa shape index (κ1) is 17.0. The van der Waals surface area contributed by atoms with E-state index in [0.717, 1.165) is 19.4 Å². The second-order valence-electron chi connectivity index (χ2n) is 6.62. The molecule has 1 unspecified atom stereocenters. The zero-order chi connectivity index (χ0) is 15.3. The Morgan fingerprint density at radius 1 is 1.40 bits per heavy atom. The van der Waals surface area contributed by atoms with Crippen molar-refractivity contribution in [1.29, 1.82) is 0 Å². The maximum Gasteiger partial charge on any atom is 0.225 e. The van der Waals surface area contributed by atoms with Gasteiger partial charge < -0.3 is 15.3 Å². The van der Waals surface area contributed by atoms with Crippen LogP contribution in [0.3, 0.4) is 0 Å². The third-order valence-corrected chi connectivity index (χ3v) is 3.80. The highest BCUT2D eigenvalue weighted by atomic mass is 16.3. The molecule has 1 saturated heterocycles. The number of hydrogen-bond donors (Lipinski definition) is 2. The van der Waals surface area contributed by atoms with E-state index in [4.69, 9.17) is 5.11 Å². The molecule has 0 saturated carbocycles. The van der Waals surface area contributed by atoms with Crippen LogP contribution in [-0.2, 0) is 9.59 Å². The summed E-state index contributed by atoms with van der Waals surface area (Å²) in [6.07, 6.45) is 2.22. The third-order valence-electron chi connectivity index (χ3n) is 3.80. The van der Waals surface area contributed by atoms with Crippen LogP contribution >= 0.6 is 0 Å². The van der Waals surface area contributed by atoms with Crippen LogP contribution in [0.5, 0.6) is 0 Å². The van der Waals surface area contributed by atoms with Crippen LogP contribution in [0.25, 0.3) is 0 Å². The van der Waals surface area contributed by atoms with Gasteiger partial charge >= 0.3 is 0 Å². The van der Waals surface area contributed by atoms with Gasteiger partial charge in [0.2, 0.25) is 11.8 Å². The molecule has 0 radical (unpaired) electrons. The summed E-state index contributed by atoms with van der Waals surface area (Å²) in [6, 6.07) is 0. The Labute approximate surface area is 121 Å². The number of nitrogens with zero attached hydrogens (tertiary/aromatic N) is 1. The van der Waals surface area contributed by atoms with Crippen molar-refractivity contribution >= 4 is 11.8 Å². The topological polar surface area (TPSA) is 69.6 Å². The monoisotopic (exact) mass is 284 g/mol. The Kier molecular flexibility index (Phi) is 5.99. The van der Waals surface area contributed by atoms with Crippen LogP contribution in [0.15, 0.2) is 0 Å². The van der Waals surface area contributed by atoms with E-state index in [0.29, 0.717) is 13.0 Å². The van der Waals surface area contributed by atoms with Gasteiger partial charge in [0.1, 0.15) is 0 Å². The van der Waals surface area contributed by atoms with Crippen molar-refractivity contribution in [2.75, 3.05) is 19.7 Å². The predicted octanol–water partition coefficient (Wildman–Crippen LogP) is 1.16. The van der Waals surface area contributed by atoms with Gasteiger partial charge in [-0.1, -0.05) is 13.8 Å². The molecule has 0 bridgehead atoms. The summed E-state index contributed by atoms with van der Waals surface area (Å²) in [7, 11) is 0. The Morgan fingerprint density at radius 2 is 2.05 bits per heavy atom. The third kappa shape index (κ3) is 4.78. The molecule has 116 valence electrons. The van der Waals surface area contributed by atoms with Gasteiger partial charge in [-0.05, 0) is 33.1 Å². The molecule has 2 N–H and O–H groups in total. The fourth-order valence-electron chi connectivity index (χ4n) is 2.53. The molecule has 1 atom stereocenters. The van der Waals surface area contributed by atoms with Gasteiger partial charge in [-0.2, -0.15) is 0 Å². The number of rotatable bonds is 5. The molecular weight excluding hydrogens is 256 g/mol. The number of amides is 2. The van der Waals surface area contributed by atoms with Crippen LogP contribution in [0.4, 0.5) is 0 Å². The molecule has 1 aliphatic heterocycles. The SMILES string of the molecule is CC(C)C(=O)N1CCCC(C(=O)NC(C)(C)CCO)C1. The van der Waals surface area contributed by atoms with Crippen LogP contribution in [0.2, 0.25) is 0 Å². The largest absolute Gasteiger partial charge is 0.396 e. The highest BCUT2D eigenvalue weighted by molar-refractivity contribution is 5.82. The number of likely N-dealkylation sites (tertiary alicyclic amines) is 1. The molecule has 0 spiro atoms. The lowest BCUT2D eigenvalue weighted by Gasteiger charge is -2.35. The van der Waals surface area contributed by atoms with Crippen molar-refractivity contribution in [2.45, 2.75) is 52.5 Å². The van der Waals surface area contributed by atoms with Crippen molar-refractivity contribution < 1.29 is 14.7 Å². The van der Waals surface area contributed by atoms with Crippen molar-refractivity contribution in [3.63, 3.8) is 0 Å². The second-order valence-corrected chi connectivity index (χ2v) is 6.62. The Balaban J connectivity index is 2.58. The lowest BCUT2D eigenvalue weighted by Crippen LogP contribution is -2.51. The predicted molar refractivity (Wildman–Crippen MR) is 78.1 cm³/mol. The van der Waals surface area contributed by atoms with Gasteiger partial charge in [0, 0.05) is 31.2 Å². The van der Waals surface area contributed by atoms with Crippen LogP contribution in [0, 0.1) is 11.8 Å². The van der Waals surface area contributed by atoms with E-state index in [2.05, 4.69) is 5.32 Å². The van der Waals surface area contributed by atoms with Gasteiger partial charge in [0.25, 0.3) is 0 Å². The zero-order valence-corrected chi connectivity index (χ0v) is 13.1. The number of aliphatic hydroxyl groups is 1. The van der Waals surface area contributed by atoms with Crippen LogP contribution < -0.4 is 5.32 Å². The minimum absolute atomic E-state index is 0.00953. The molecule has 0 aromatic rings. The molecule has 1 rings (SSSR count). The number of carbonyl (C=O) groups is 2. The molecule has 20 heavy (non-hydrogen) atoms. The standard InChI is InChI=1S/C15H28N2O3/c1-11(2)14(20)17-8-5-6-12(10-17)13(19)16-15(3,4)7-9-18/h11-12,18H,5-10H2,1-4H3,(H,16,19). The van der Waals surface area contributed by atoms with Crippen molar-refractivity contribution in [3.05, 3.63) is 0 Å². The van der Waals surface area contributed by atoms with Gasteiger partial charge in [-0.3, -0.25) is 9.59 Å². The van der Waals surface area contributed by atoms with Crippen LogP contribution in [0.1, 0.15) is 47.0 Å². The highest BCUT2D eigenvalue weighted by Crippen LogP contribution is 2.20. The summed E-state index contributed by atoms with van der Waals surface area (Å²) in [5, 5.41) is 12.0. The number of aliphatic hydroxyl groups excluding tert-OH is 1. The summed E-state index contributed by atoms with van der Waals surface area (Å²) in [6.45, 7) is 8.89. The number of piperidine rings is 1. The van der Waals surface area contributed by atoms with Gasteiger partial charge in [0.05, 0.1) is 5.92 Å². The fourth-order valence-corrected chi connectivity index (χ4v) is 2.53. The molecule has 0 aromatic heterocycles. The zero-order valence-electron chi connectivity index (χ0n) is 13.1. The van der Waals surface area contributed by atoms with E-state index in [-0.39, 0.29) is 30.3 Å². The van der Waals surface area contributed by atoms with E-state index < -0.39 is 5.54 Å². The first-order chi connectivity index (χ1) is 9.26. The average Bonchev–Trinajstić information content (AvgIpc) is 2.37. The first-order valence-electron chi connectivity index (χ1n) is 7.48. The number of nitrogens with one attached hydrogen (secondary N) is 1. The maximum atomic E-state index is 12.3. The van der Waals surface area contributed by atoms with Crippen molar-refractivity contribution in [3.8, 4) is 0 Å². The molecule has 2 amide bonds. The lowest BCUT2D eigenvalue weighted by atomic mass is 9.93. The Bertz CT molecular complexity index is 353. The molecule has 0 aromatic carbocycles. The maximum absolute atomic E-state index is 12.3. The van der Waals surface area contributed by atoms with Crippen LogP contribution in [-0.4, -0.2) is 47.1 Å². The Hall–Kier alpha value is -1.10. The van der Waals surface area contributed by atoms with E-state index in [1.165, 1.54) is 0 Å². The molecule has 0 aliphatic carbocycles. The fraction of sp³-hybridized carbons (Fsp3) is 0.867. The summed E-state index contributed by atoms with van der Waals surface area (Å²) in [5.41, 5.74) is -0.407. The van der Waals surface area contributed by atoms with E-state index >= 15 is 0 Å². The molecule has 5 heteroatoms. The normalized spacial score (nSPS) is 20.1. The summed E-state index contributed by atoms with van der Waals surface area (Å²) in [4.78, 5) is 26.1. The quantitative estimate of drug-likeness (QED) is 0.796. The van der Waals surface area contributed by atoms with E-state index in [9.17, 15) is 9.59 Å². The molecule has 1 fully saturated rings. The smallest absolute Gasteiger partial charge is 0.225 e. The molecule has 1 heterocycles. The van der Waals surface area contributed by atoms with E-state index in [1.807, 2.05) is 27.7 Å². The average molecular weight is 284 g/mol. The first-order valence-corrected chi connectivity index (χ1v) is 7.48. The summed E-state index contributed by atoms with van der Waals surface area (Å²) >= 11 is 0. The number of carbonyl (C=O) groups excluding carboxylic acids is 2. The lowest BCUT2D eigenvalue weighted by molar-refractivity contribution is -0.138. The Morgan fingerprint density at radius 3 is 2.60 bits per heavy atom. The molecular formula is C15H28N2O3. The van der Waals surface area contributed by atoms with Crippen molar-refractivity contribution in [1.82, 2.24) is 10.2 Å². The van der Waals surface area contributed by atoms with E-state index in [1.54, 1.807) is 4.90 Å². The number of hydrogen-bond acceptors (Lipinski definition) is 3. The highest BCUT2D eigenvalue weighted by Gasteiger charge is 2.31. The minimum atomic E-state index is -0.407. The van der Waals surface area contributed by atoms with Gasteiger partial charge in [0.15, 0.2) is 0 Å². The second kappa shape index (κ2) is 7.07. The van der Waals surface area contributed by atoms with Crippen molar-refractivity contribution in [2.24, 2.45) is 11.8 Å².